The molecule has 0 saturated carbocycles. The minimum absolute atomic E-state index is 0.0476. The lowest BCUT2D eigenvalue weighted by atomic mass is 10.2. The van der Waals surface area contributed by atoms with Gasteiger partial charge in [-0.3, -0.25) is 10.1 Å². The van der Waals surface area contributed by atoms with Crippen LogP contribution < -0.4 is 15.4 Å². The predicted octanol–water partition coefficient (Wildman–Crippen LogP) is 3.28. The van der Waals surface area contributed by atoms with Crippen molar-refractivity contribution in [2.24, 2.45) is 0 Å². The van der Waals surface area contributed by atoms with Gasteiger partial charge in [-0.25, -0.2) is 4.68 Å². The molecule has 0 saturated heterocycles. The van der Waals surface area contributed by atoms with Gasteiger partial charge in [-0.2, -0.15) is 5.10 Å². The summed E-state index contributed by atoms with van der Waals surface area (Å²) in [5.41, 5.74) is 2.52. The highest BCUT2D eigenvalue weighted by Gasteiger charge is 2.12. The van der Waals surface area contributed by atoms with Gasteiger partial charge in [0.15, 0.2) is 5.11 Å². The number of benzene rings is 2. The third-order valence-corrected chi connectivity index (χ3v) is 4.05. The molecule has 0 aliphatic rings. The van der Waals surface area contributed by atoms with Gasteiger partial charge in [-0.05, 0) is 42.0 Å². The van der Waals surface area contributed by atoms with Crippen LogP contribution in [-0.2, 0) is 6.54 Å². The second-order valence-electron chi connectivity index (χ2n) is 5.57. The van der Waals surface area contributed by atoms with E-state index in [4.69, 9.17) is 17.0 Å². The number of hydrogen-bond acceptors (Lipinski definition) is 5. The number of non-ortho nitro benzene ring substituents is 1. The number of hydrogen-bond donors (Lipinski definition) is 2. The first-order chi connectivity index (χ1) is 13.1. The molecule has 0 bridgehead atoms. The molecule has 3 aromatic rings. The van der Waals surface area contributed by atoms with Gasteiger partial charge in [-0.1, -0.05) is 12.1 Å². The second-order valence-corrected chi connectivity index (χ2v) is 5.97. The highest BCUT2D eigenvalue weighted by atomic mass is 32.1. The molecule has 1 aromatic heterocycles. The van der Waals surface area contributed by atoms with Gasteiger partial charge in [0, 0.05) is 25.0 Å². The van der Waals surface area contributed by atoms with Crippen LogP contribution in [0.3, 0.4) is 0 Å². The van der Waals surface area contributed by atoms with E-state index in [0.29, 0.717) is 23.1 Å². The molecule has 2 N–H and O–H groups in total. The van der Waals surface area contributed by atoms with Crippen molar-refractivity contribution < 1.29 is 9.66 Å². The average Bonchev–Trinajstić information content (AvgIpc) is 3.21. The first-order valence-corrected chi connectivity index (χ1v) is 8.44. The zero-order valence-electron chi connectivity index (χ0n) is 14.5. The topological polar surface area (TPSA) is 94.3 Å². The molecule has 9 heteroatoms. The maximum Gasteiger partial charge on any atom is 0.273 e. The number of ether oxygens (including phenoxy) is 1. The summed E-state index contributed by atoms with van der Waals surface area (Å²) < 4.78 is 6.97. The summed E-state index contributed by atoms with van der Waals surface area (Å²) in [6, 6.07) is 14.1. The highest BCUT2D eigenvalue weighted by Crippen LogP contribution is 2.28. The van der Waals surface area contributed by atoms with Crippen LogP contribution in [-0.4, -0.2) is 26.9 Å². The molecule has 2 aromatic carbocycles. The van der Waals surface area contributed by atoms with E-state index >= 15 is 0 Å². The maximum absolute atomic E-state index is 10.8. The Bertz CT molecular complexity index is 942. The van der Waals surface area contributed by atoms with Crippen molar-refractivity contribution >= 4 is 28.7 Å². The van der Waals surface area contributed by atoms with Crippen LogP contribution in [0.15, 0.2) is 60.9 Å². The number of nitrogens with zero attached hydrogens (tertiary/aromatic N) is 3. The van der Waals surface area contributed by atoms with Crippen LogP contribution >= 0.6 is 12.2 Å². The Morgan fingerprint density at radius 3 is 2.70 bits per heavy atom. The molecule has 0 aliphatic heterocycles. The van der Waals surface area contributed by atoms with E-state index in [9.17, 15) is 10.1 Å². The van der Waals surface area contributed by atoms with E-state index in [2.05, 4.69) is 15.7 Å². The third kappa shape index (κ3) is 4.59. The van der Waals surface area contributed by atoms with E-state index in [1.807, 2.05) is 36.5 Å². The molecule has 0 aliphatic carbocycles. The van der Waals surface area contributed by atoms with Gasteiger partial charge in [0.1, 0.15) is 5.75 Å². The Labute approximate surface area is 160 Å². The molecule has 0 atom stereocenters. The fourth-order valence-corrected chi connectivity index (χ4v) is 2.62. The molecule has 138 valence electrons. The van der Waals surface area contributed by atoms with E-state index < -0.39 is 4.92 Å². The van der Waals surface area contributed by atoms with Crippen LogP contribution in [0.2, 0.25) is 0 Å². The number of nitro groups is 1. The minimum atomic E-state index is -0.476. The Kier molecular flexibility index (Phi) is 5.62. The number of aromatic nitrogens is 2. The van der Waals surface area contributed by atoms with Crippen molar-refractivity contribution in [3.63, 3.8) is 0 Å². The number of nitrogens with one attached hydrogen (secondary N) is 2. The van der Waals surface area contributed by atoms with Crippen LogP contribution in [0.4, 0.5) is 11.4 Å². The molecular formula is C18H17N5O3S. The van der Waals surface area contributed by atoms with Crippen molar-refractivity contribution in [3.05, 3.63) is 76.6 Å². The highest BCUT2D eigenvalue weighted by molar-refractivity contribution is 7.80. The summed E-state index contributed by atoms with van der Waals surface area (Å²) in [4.78, 5) is 10.4. The van der Waals surface area contributed by atoms with Crippen LogP contribution in [0.25, 0.3) is 5.69 Å². The largest absolute Gasteiger partial charge is 0.494 e. The minimum Gasteiger partial charge on any atom is -0.494 e. The number of methoxy groups -OCH3 is 1. The molecule has 8 nitrogen and oxygen atoms in total. The molecule has 0 spiro atoms. The first-order valence-electron chi connectivity index (χ1n) is 8.03. The zero-order chi connectivity index (χ0) is 19.2. The van der Waals surface area contributed by atoms with E-state index in [1.54, 1.807) is 16.9 Å². The Balaban J connectivity index is 1.59. The normalized spacial score (nSPS) is 10.3. The summed E-state index contributed by atoms with van der Waals surface area (Å²) in [6.07, 6.45) is 3.61. The van der Waals surface area contributed by atoms with Crippen LogP contribution in [0.5, 0.6) is 5.75 Å². The molecule has 1 heterocycles. The molecule has 0 amide bonds. The molecule has 3 rings (SSSR count). The van der Waals surface area contributed by atoms with Gasteiger partial charge < -0.3 is 15.4 Å². The molecule has 27 heavy (non-hydrogen) atoms. The summed E-state index contributed by atoms with van der Waals surface area (Å²) in [6.45, 7) is 0.528. The van der Waals surface area contributed by atoms with Crippen molar-refractivity contribution in [1.82, 2.24) is 15.1 Å². The van der Waals surface area contributed by atoms with Crippen LogP contribution in [0.1, 0.15) is 5.56 Å². The Morgan fingerprint density at radius 2 is 2.07 bits per heavy atom. The quantitative estimate of drug-likeness (QED) is 0.383. The summed E-state index contributed by atoms with van der Waals surface area (Å²) in [5, 5.41) is 21.5. The van der Waals surface area contributed by atoms with E-state index in [0.717, 1.165) is 11.3 Å². The van der Waals surface area contributed by atoms with Gasteiger partial charge in [0.05, 0.1) is 29.5 Å². The predicted molar refractivity (Wildman–Crippen MR) is 106 cm³/mol. The van der Waals surface area contributed by atoms with E-state index in [1.165, 1.54) is 19.2 Å². The van der Waals surface area contributed by atoms with Crippen molar-refractivity contribution in [1.29, 1.82) is 0 Å². The SMILES string of the molecule is COc1cc([N+](=O)[O-])ccc1NC(=S)NCc1ccc(-n2cccn2)cc1. The number of rotatable bonds is 6. The second kappa shape index (κ2) is 8.28. The Hall–Kier alpha value is -3.46. The van der Waals surface area contributed by atoms with E-state index in [-0.39, 0.29) is 5.69 Å². The fraction of sp³-hybridized carbons (Fsp3) is 0.111. The van der Waals surface area contributed by atoms with Crippen LogP contribution in [0, 0.1) is 10.1 Å². The monoisotopic (exact) mass is 383 g/mol. The van der Waals surface area contributed by atoms with Gasteiger partial charge in [0.2, 0.25) is 0 Å². The third-order valence-electron chi connectivity index (χ3n) is 3.80. The van der Waals surface area contributed by atoms with Crippen molar-refractivity contribution in [2.75, 3.05) is 12.4 Å². The maximum atomic E-state index is 10.8. The molecular weight excluding hydrogens is 366 g/mol. The lowest BCUT2D eigenvalue weighted by Crippen LogP contribution is -2.28. The number of nitro benzene ring substituents is 1. The zero-order valence-corrected chi connectivity index (χ0v) is 15.3. The lowest BCUT2D eigenvalue weighted by Gasteiger charge is -2.13. The summed E-state index contributed by atoms with van der Waals surface area (Å²) >= 11 is 5.29. The van der Waals surface area contributed by atoms with Crippen molar-refractivity contribution in [2.45, 2.75) is 6.54 Å². The number of anilines is 1. The van der Waals surface area contributed by atoms with Gasteiger partial charge in [-0.15, -0.1) is 0 Å². The molecule has 0 radical (unpaired) electrons. The average molecular weight is 383 g/mol. The molecule has 0 unspecified atom stereocenters. The van der Waals surface area contributed by atoms with Gasteiger partial charge >= 0.3 is 0 Å². The standard InChI is InChI=1S/C18H17N5O3S/c1-26-17-11-15(23(24)25)7-8-16(17)21-18(27)19-12-13-3-5-14(6-4-13)22-10-2-9-20-22/h2-11H,12H2,1H3,(H2,19,21,27). The van der Waals surface area contributed by atoms with Crippen molar-refractivity contribution in [3.8, 4) is 11.4 Å². The summed E-state index contributed by atoms with van der Waals surface area (Å²) in [7, 11) is 1.45. The lowest BCUT2D eigenvalue weighted by molar-refractivity contribution is -0.384. The number of thiocarbonyl (C=S) groups is 1. The fourth-order valence-electron chi connectivity index (χ4n) is 2.43. The van der Waals surface area contributed by atoms with Gasteiger partial charge in [0.25, 0.3) is 5.69 Å². The smallest absolute Gasteiger partial charge is 0.273 e. The molecule has 0 fully saturated rings. The first kappa shape index (κ1) is 18.3. The Morgan fingerprint density at radius 1 is 1.30 bits per heavy atom. The summed E-state index contributed by atoms with van der Waals surface area (Å²) in [5.74, 6) is 0.344.